The molecule has 1 aliphatic carbocycles. The number of ketones is 1. The van der Waals surface area contributed by atoms with E-state index in [0.29, 0.717) is 29.9 Å². The maximum atomic E-state index is 13.4. The Balaban J connectivity index is 1.64. The quantitative estimate of drug-likeness (QED) is 0.696. The third-order valence-electron chi connectivity index (χ3n) is 6.14. The average Bonchev–Trinajstić information content (AvgIpc) is 3.08. The van der Waals surface area contributed by atoms with Crippen molar-refractivity contribution in [1.82, 2.24) is 9.88 Å². The van der Waals surface area contributed by atoms with E-state index in [0.717, 1.165) is 17.8 Å². The number of nitrogens with zero attached hydrogens (tertiary/aromatic N) is 2. The Hall–Kier alpha value is -2.90. The van der Waals surface area contributed by atoms with E-state index < -0.39 is 17.3 Å². The summed E-state index contributed by atoms with van der Waals surface area (Å²) < 4.78 is 44.1. The molecule has 164 valence electrons. The summed E-state index contributed by atoms with van der Waals surface area (Å²) in [5, 5.41) is 0. The van der Waals surface area contributed by atoms with Gasteiger partial charge in [-0.1, -0.05) is 26.0 Å². The molecule has 2 aliphatic rings. The second-order valence-corrected chi connectivity index (χ2v) is 8.67. The van der Waals surface area contributed by atoms with Crippen molar-refractivity contribution >= 4 is 11.7 Å². The minimum Gasteiger partial charge on any atom is -0.448 e. The molecule has 0 radical (unpaired) electrons. The monoisotopic (exact) mass is 432 g/mol. The molecule has 4 rings (SSSR count). The molecule has 1 fully saturated rings. The number of benzene rings is 1. The smallest absolute Gasteiger partial charge is 0.416 e. The van der Waals surface area contributed by atoms with Crippen LogP contribution < -0.4 is 0 Å². The summed E-state index contributed by atoms with van der Waals surface area (Å²) in [7, 11) is 0. The van der Waals surface area contributed by atoms with Crippen molar-refractivity contribution in [3.05, 3.63) is 64.9 Å². The topological polar surface area (TPSA) is 63.4 Å². The SMILES string of the molecule is Cc1coc([C@H]2C[C@@]3(C2)C(=O)C(C(C)C)=CC(=O)N3Cc2ccc(C(F)(F)F)cc2)n1. The molecule has 2 aromatic rings. The van der Waals surface area contributed by atoms with Crippen LogP contribution in [0.4, 0.5) is 13.2 Å². The number of carbonyl (C=O) groups is 2. The van der Waals surface area contributed by atoms with Crippen molar-refractivity contribution in [2.24, 2.45) is 5.92 Å². The Labute approximate surface area is 177 Å². The lowest BCUT2D eigenvalue weighted by Gasteiger charge is -2.54. The van der Waals surface area contributed by atoms with Gasteiger partial charge in [-0.3, -0.25) is 9.59 Å². The molecule has 0 N–H and O–H groups in total. The molecular formula is C23H23F3N2O3. The van der Waals surface area contributed by atoms with Gasteiger partial charge in [0.1, 0.15) is 11.8 Å². The number of hydrogen-bond acceptors (Lipinski definition) is 4. The van der Waals surface area contributed by atoms with Gasteiger partial charge in [-0.2, -0.15) is 13.2 Å². The zero-order chi connectivity index (χ0) is 22.6. The second kappa shape index (κ2) is 7.35. The van der Waals surface area contributed by atoms with Crippen LogP contribution >= 0.6 is 0 Å². The van der Waals surface area contributed by atoms with E-state index >= 15 is 0 Å². The number of hydrogen-bond donors (Lipinski definition) is 0. The number of oxazole rings is 1. The highest BCUT2D eigenvalue weighted by molar-refractivity contribution is 6.13. The van der Waals surface area contributed by atoms with Crippen LogP contribution in [-0.4, -0.2) is 27.1 Å². The normalized spacial score (nSPS) is 24.0. The minimum absolute atomic E-state index is 0.0575. The standard InChI is InChI=1S/C23H23F3N2O3/c1-13(2)18-8-19(29)28(11-15-4-6-17(7-5-15)23(24,25)26)22(20(18)30)9-16(10-22)21-27-14(3)12-31-21/h4-8,12-13,16H,9-11H2,1-3H3/t16-,22+. The highest BCUT2D eigenvalue weighted by atomic mass is 19.4. The molecule has 0 unspecified atom stereocenters. The second-order valence-electron chi connectivity index (χ2n) is 8.67. The van der Waals surface area contributed by atoms with E-state index in [9.17, 15) is 22.8 Å². The van der Waals surface area contributed by atoms with E-state index in [2.05, 4.69) is 4.98 Å². The third-order valence-corrected chi connectivity index (χ3v) is 6.14. The lowest BCUT2D eigenvalue weighted by molar-refractivity contribution is -0.153. The summed E-state index contributed by atoms with van der Waals surface area (Å²) in [6, 6.07) is 4.69. The van der Waals surface area contributed by atoms with Crippen LogP contribution in [0.1, 0.15) is 55.3 Å². The molecule has 0 atom stereocenters. The average molecular weight is 432 g/mol. The molecule has 1 amide bonds. The number of carbonyl (C=O) groups excluding carboxylic acids is 2. The molecule has 1 spiro atoms. The van der Waals surface area contributed by atoms with Crippen molar-refractivity contribution in [2.75, 3.05) is 0 Å². The number of aryl methyl sites for hydroxylation is 1. The number of halogens is 3. The van der Waals surface area contributed by atoms with Gasteiger partial charge >= 0.3 is 6.18 Å². The van der Waals surface area contributed by atoms with E-state index in [1.807, 2.05) is 20.8 Å². The lowest BCUT2D eigenvalue weighted by Crippen LogP contribution is -2.65. The van der Waals surface area contributed by atoms with E-state index in [1.54, 1.807) is 6.26 Å². The van der Waals surface area contributed by atoms with Crippen LogP contribution in [-0.2, 0) is 22.3 Å². The third kappa shape index (κ3) is 3.68. The number of amides is 1. The molecule has 1 aliphatic heterocycles. The molecular weight excluding hydrogens is 409 g/mol. The van der Waals surface area contributed by atoms with Crippen molar-refractivity contribution in [2.45, 2.75) is 57.8 Å². The molecule has 0 bridgehead atoms. The molecule has 31 heavy (non-hydrogen) atoms. The molecule has 8 heteroatoms. The summed E-state index contributed by atoms with van der Waals surface area (Å²) >= 11 is 0. The highest BCUT2D eigenvalue weighted by Gasteiger charge is 2.59. The van der Waals surface area contributed by atoms with Gasteiger partial charge in [-0.25, -0.2) is 4.98 Å². The number of Topliss-reactive ketones (excluding diaryl/α,β-unsaturated/α-hetero) is 1. The van der Waals surface area contributed by atoms with Crippen LogP contribution in [0.5, 0.6) is 0 Å². The molecule has 1 aromatic heterocycles. The zero-order valence-corrected chi connectivity index (χ0v) is 17.5. The molecule has 0 saturated heterocycles. The Morgan fingerprint density at radius 3 is 2.35 bits per heavy atom. The predicted molar refractivity (Wildman–Crippen MR) is 106 cm³/mol. The maximum Gasteiger partial charge on any atom is 0.416 e. The molecule has 1 aromatic carbocycles. The number of aromatic nitrogens is 1. The van der Waals surface area contributed by atoms with Crippen LogP contribution in [0.2, 0.25) is 0 Å². The van der Waals surface area contributed by atoms with Crippen LogP contribution in [0.25, 0.3) is 0 Å². The van der Waals surface area contributed by atoms with Crippen molar-refractivity contribution in [3.63, 3.8) is 0 Å². The number of rotatable bonds is 4. The fourth-order valence-corrected chi connectivity index (χ4v) is 4.41. The van der Waals surface area contributed by atoms with Crippen LogP contribution in [0, 0.1) is 12.8 Å². The van der Waals surface area contributed by atoms with Gasteiger partial charge < -0.3 is 9.32 Å². The van der Waals surface area contributed by atoms with Gasteiger partial charge in [0.25, 0.3) is 0 Å². The van der Waals surface area contributed by atoms with Gasteiger partial charge in [-0.15, -0.1) is 0 Å². The van der Waals surface area contributed by atoms with Gasteiger partial charge in [0, 0.05) is 24.1 Å². The Kier molecular flexibility index (Phi) is 5.06. The molecule has 1 saturated carbocycles. The Morgan fingerprint density at radius 2 is 1.84 bits per heavy atom. The fraction of sp³-hybridized carbons (Fsp3) is 0.435. The zero-order valence-electron chi connectivity index (χ0n) is 17.5. The number of alkyl halides is 3. The first-order valence-corrected chi connectivity index (χ1v) is 10.2. The first-order chi connectivity index (χ1) is 14.5. The Bertz CT molecular complexity index is 1040. The van der Waals surface area contributed by atoms with E-state index in [1.165, 1.54) is 23.1 Å². The first kappa shape index (κ1) is 21.3. The van der Waals surface area contributed by atoms with E-state index in [4.69, 9.17) is 4.42 Å². The minimum atomic E-state index is -4.43. The van der Waals surface area contributed by atoms with E-state index in [-0.39, 0.29) is 30.1 Å². The molecule has 5 nitrogen and oxygen atoms in total. The van der Waals surface area contributed by atoms with Crippen molar-refractivity contribution in [3.8, 4) is 0 Å². The summed E-state index contributed by atoms with van der Waals surface area (Å²) in [5.74, 6) is -0.0612. The maximum absolute atomic E-state index is 13.4. The summed E-state index contributed by atoms with van der Waals surface area (Å²) in [6.45, 7) is 5.60. The van der Waals surface area contributed by atoms with Gasteiger partial charge in [0.05, 0.1) is 11.3 Å². The van der Waals surface area contributed by atoms with Gasteiger partial charge in [0.2, 0.25) is 5.91 Å². The largest absolute Gasteiger partial charge is 0.448 e. The molecule has 2 heterocycles. The lowest BCUT2D eigenvalue weighted by atomic mass is 9.61. The highest BCUT2D eigenvalue weighted by Crippen LogP contribution is 2.52. The van der Waals surface area contributed by atoms with Crippen molar-refractivity contribution < 1.29 is 27.2 Å². The predicted octanol–water partition coefficient (Wildman–Crippen LogP) is 4.81. The first-order valence-electron chi connectivity index (χ1n) is 10.2. The van der Waals surface area contributed by atoms with Gasteiger partial charge in [-0.05, 0) is 43.4 Å². The summed E-state index contributed by atoms with van der Waals surface area (Å²) in [6.07, 6.45) is -0.760. The Morgan fingerprint density at radius 1 is 1.19 bits per heavy atom. The van der Waals surface area contributed by atoms with Crippen LogP contribution in [0.3, 0.4) is 0 Å². The summed E-state index contributed by atoms with van der Waals surface area (Å²) in [5.41, 5.74) is -0.0225. The van der Waals surface area contributed by atoms with Crippen LogP contribution in [0.15, 0.2) is 46.6 Å². The van der Waals surface area contributed by atoms with Crippen molar-refractivity contribution in [1.29, 1.82) is 0 Å². The fourth-order valence-electron chi connectivity index (χ4n) is 4.41. The summed E-state index contributed by atoms with van der Waals surface area (Å²) in [4.78, 5) is 32.3. The van der Waals surface area contributed by atoms with Gasteiger partial charge in [0.15, 0.2) is 11.7 Å².